The summed E-state index contributed by atoms with van der Waals surface area (Å²) in [6.07, 6.45) is 1.17. The van der Waals surface area contributed by atoms with Crippen molar-refractivity contribution in [1.29, 1.82) is 0 Å². The summed E-state index contributed by atoms with van der Waals surface area (Å²) in [6.45, 7) is 0.461. The fourth-order valence-corrected chi connectivity index (χ4v) is 6.16. The highest BCUT2D eigenvalue weighted by atomic mass is 32.2. The molecule has 7 heteroatoms. The van der Waals surface area contributed by atoms with Crippen LogP contribution in [-0.4, -0.2) is 31.2 Å². The van der Waals surface area contributed by atoms with E-state index in [1.165, 1.54) is 4.31 Å². The van der Waals surface area contributed by atoms with Crippen molar-refractivity contribution in [2.45, 2.75) is 23.8 Å². The molecule has 0 spiro atoms. The van der Waals surface area contributed by atoms with Crippen LogP contribution in [0.2, 0.25) is 0 Å². The van der Waals surface area contributed by atoms with E-state index in [-0.39, 0.29) is 6.04 Å². The number of nitrogens with zero attached hydrogens (tertiary/aromatic N) is 1. The van der Waals surface area contributed by atoms with Gasteiger partial charge in [0.15, 0.2) is 0 Å². The van der Waals surface area contributed by atoms with Crippen molar-refractivity contribution in [1.82, 2.24) is 4.31 Å². The zero-order valence-corrected chi connectivity index (χ0v) is 18.1. The van der Waals surface area contributed by atoms with E-state index in [1.807, 2.05) is 42.5 Å². The molecular formula is C25H22N2O4S. The Morgan fingerprint density at radius 3 is 2.47 bits per heavy atom. The number of carbonyl (C=O) groups excluding carboxylic acids is 1. The highest BCUT2D eigenvalue weighted by Crippen LogP contribution is 2.35. The number of sulfonamides is 1. The number of benzene rings is 3. The number of primary amides is 1. The van der Waals surface area contributed by atoms with E-state index >= 15 is 0 Å². The van der Waals surface area contributed by atoms with Gasteiger partial charge >= 0.3 is 0 Å². The third kappa shape index (κ3) is 3.49. The Bertz CT molecular complexity index is 1410. The fraction of sp³-hybridized carbons (Fsp3) is 0.160. The molecule has 1 saturated heterocycles. The molecule has 4 aromatic rings. The van der Waals surface area contributed by atoms with Crippen molar-refractivity contribution in [3.05, 3.63) is 90.2 Å². The fourth-order valence-electron chi connectivity index (χ4n) is 4.27. The van der Waals surface area contributed by atoms with Crippen LogP contribution in [-0.2, 0) is 16.4 Å². The molecule has 1 fully saturated rings. The van der Waals surface area contributed by atoms with Crippen LogP contribution in [0.15, 0.2) is 88.2 Å². The topological polar surface area (TPSA) is 93.6 Å². The Morgan fingerprint density at radius 1 is 1.00 bits per heavy atom. The molecule has 0 saturated carbocycles. The summed E-state index contributed by atoms with van der Waals surface area (Å²) in [7, 11) is -3.68. The first-order valence-corrected chi connectivity index (χ1v) is 11.9. The lowest BCUT2D eigenvalue weighted by Crippen LogP contribution is -2.51. The maximum atomic E-state index is 13.6. The molecular weight excluding hydrogens is 424 g/mol. The van der Waals surface area contributed by atoms with E-state index in [1.54, 1.807) is 36.4 Å². The SMILES string of the molecule is NC(=O)c1cccc2oc(CC3CCN3S(=O)(=O)c3ccccc3-c3ccccc3)cc12. The van der Waals surface area contributed by atoms with Gasteiger partial charge in [-0.05, 0) is 36.2 Å². The molecule has 2 heterocycles. The molecule has 1 aliphatic heterocycles. The molecule has 1 aliphatic rings. The minimum atomic E-state index is -3.68. The van der Waals surface area contributed by atoms with Gasteiger partial charge in [0.25, 0.3) is 0 Å². The Balaban J connectivity index is 1.45. The van der Waals surface area contributed by atoms with Crippen molar-refractivity contribution in [2.24, 2.45) is 5.73 Å². The summed E-state index contributed by atoms with van der Waals surface area (Å²) in [5, 5.41) is 0.651. The molecule has 32 heavy (non-hydrogen) atoms. The van der Waals surface area contributed by atoms with E-state index < -0.39 is 15.9 Å². The molecule has 0 aliphatic carbocycles. The second kappa shape index (κ2) is 7.93. The Kier molecular flexibility index (Phi) is 5.07. The smallest absolute Gasteiger partial charge is 0.249 e. The lowest BCUT2D eigenvalue weighted by Gasteiger charge is -2.39. The molecule has 1 amide bonds. The number of hydrogen-bond acceptors (Lipinski definition) is 4. The molecule has 0 radical (unpaired) electrons. The average molecular weight is 447 g/mol. The second-order valence-electron chi connectivity index (χ2n) is 7.92. The van der Waals surface area contributed by atoms with Crippen molar-refractivity contribution >= 4 is 26.9 Å². The second-order valence-corrected chi connectivity index (χ2v) is 9.78. The minimum Gasteiger partial charge on any atom is -0.461 e. The van der Waals surface area contributed by atoms with Gasteiger partial charge in [0, 0.05) is 30.0 Å². The van der Waals surface area contributed by atoms with E-state index in [0.717, 1.165) is 12.0 Å². The first-order valence-electron chi connectivity index (χ1n) is 10.4. The molecule has 1 aromatic heterocycles. The van der Waals surface area contributed by atoms with Crippen LogP contribution in [0.3, 0.4) is 0 Å². The lowest BCUT2D eigenvalue weighted by molar-refractivity contribution is 0.100. The first-order chi connectivity index (χ1) is 15.4. The van der Waals surface area contributed by atoms with Crippen LogP contribution in [0.25, 0.3) is 22.1 Å². The summed E-state index contributed by atoms with van der Waals surface area (Å²) >= 11 is 0. The van der Waals surface area contributed by atoms with E-state index in [0.29, 0.717) is 45.7 Å². The summed E-state index contributed by atoms with van der Waals surface area (Å²) in [5.41, 5.74) is 7.98. The third-order valence-corrected chi connectivity index (χ3v) is 7.97. The lowest BCUT2D eigenvalue weighted by atomic mass is 10.0. The molecule has 2 N–H and O–H groups in total. The number of furan rings is 1. The Hall–Kier alpha value is -3.42. The Labute approximate surface area is 186 Å². The van der Waals surface area contributed by atoms with Crippen LogP contribution >= 0.6 is 0 Å². The van der Waals surface area contributed by atoms with Gasteiger partial charge < -0.3 is 10.2 Å². The highest BCUT2D eigenvalue weighted by molar-refractivity contribution is 7.89. The van der Waals surface area contributed by atoms with E-state index in [4.69, 9.17) is 10.2 Å². The van der Waals surface area contributed by atoms with Gasteiger partial charge in [-0.2, -0.15) is 4.31 Å². The quantitative estimate of drug-likeness (QED) is 0.480. The molecule has 6 nitrogen and oxygen atoms in total. The summed E-state index contributed by atoms with van der Waals surface area (Å²) in [6, 6.07) is 23.3. The van der Waals surface area contributed by atoms with Crippen LogP contribution < -0.4 is 5.73 Å². The predicted octanol–water partition coefficient (Wildman–Crippen LogP) is 4.20. The van der Waals surface area contributed by atoms with Gasteiger partial charge in [-0.15, -0.1) is 0 Å². The predicted molar refractivity (Wildman–Crippen MR) is 123 cm³/mol. The van der Waals surface area contributed by atoms with Gasteiger partial charge in [-0.1, -0.05) is 54.6 Å². The number of hydrogen-bond donors (Lipinski definition) is 1. The first kappa shape index (κ1) is 20.5. The number of rotatable bonds is 6. The maximum absolute atomic E-state index is 13.6. The number of nitrogens with two attached hydrogens (primary N) is 1. The molecule has 1 atom stereocenters. The van der Waals surface area contributed by atoms with Crippen molar-refractivity contribution < 1.29 is 17.6 Å². The summed E-state index contributed by atoms with van der Waals surface area (Å²) in [4.78, 5) is 12.0. The Morgan fingerprint density at radius 2 is 1.75 bits per heavy atom. The van der Waals surface area contributed by atoms with Gasteiger partial charge in [-0.3, -0.25) is 4.79 Å². The van der Waals surface area contributed by atoms with Crippen molar-refractivity contribution in [3.63, 3.8) is 0 Å². The van der Waals surface area contributed by atoms with E-state index in [2.05, 4.69) is 0 Å². The number of amides is 1. The summed E-state index contributed by atoms with van der Waals surface area (Å²) in [5.74, 6) is 0.114. The number of carbonyl (C=O) groups is 1. The molecule has 3 aromatic carbocycles. The monoisotopic (exact) mass is 446 g/mol. The van der Waals surface area contributed by atoms with Gasteiger partial charge in [0.05, 0.1) is 10.5 Å². The van der Waals surface area contributed by atoms with Crippen molar-refractivity contribution in [2.75, 3.05) is 6.54 Å². The maximum Gasteiger partial charge on any atom is 0.249 e. The summed E-state index contributed by atoms with van der Waals surface area (Å²) < 4.78 is 34.6. The normalized spacial score (nSPS) is 16.7. The molecule has 1 unspecified atom stereocenters. The van der Waals surface area contributed by atoms with Gasteiger partial charge in [0.1, 0.15) is 11.3 Å². The van der Waals surface area contributed by atoms with Gasteiger partial charge in [0.2, 0.25) is 15.9 Å². The average Bonchev–Trinajstić information content (AvgIpc) is 3.20. The van der Waals surface area contributed by atoms with Crippen LogP contribution in [0.4, 0.5) is 0 Å². The van der Waals surface area contributed by atoms with E-state index in [9.17, 15) is 13.2 Å². The standard InChI is InChI=1S/C25H22N2O4S/c26-25(28)21-10-6-11-23-22(21)16-19(31-23)15-18-13-14-27(18)32(29,30)24-12-5-4-9-20(24)17-7-2-1-3-8-17/h1-12,16,18H,13-15H2,(H2,26,28). The van der Waals surface area contributed by atoms with Crippen molar-refractivity contribution in [3.8, 4) is 11.1 Å². The molecule has 5 rings (SSSR count). The zero-order valence-electron chi connectivity index (χ0n) is 17.3. The van der Waals surface area contributed by atoms with Crippen LogP contribution in [0.1, 0.15) is 22.5 Å². The highest BCUT2D eigenvalue weighted by Gasteiger charge is 2.40. The van der Waals surface area contributed by atoms with Crippen LogP contribution in [0.5, 0.6) is 0 Å². The minimum absolute atomic E-state index is 0.207. The van der Waals surface area contributed by atoms with Crippen LogP contribution in [0, 0.1) is 0 Å². The third-order valence-electron chi connectivity index (χ3n) is 5.96. The molecule has 0 bridgehead atoms. The number of fused-ring (bicyclic) bond motifs is 1. The zero-order chi connectivity index (χ0) is 22.3. The van der Waals surface area contributed by atoms with Gasteiger partial charge in [-0.25, -0.2) is 8.42 Å². The largest absolute Gasteiger partial charge is 0.461 e. The molecule has 162 valence electrons.